The molecule has 0 radical (unpaired) electrons. The number of piperidine rings is 1. The van der Waals surface area contributed by atoms with E-state index in [2.05, 4.69) is 27.9 Å². The molecule has 40 heavy (non-hydrogen) atoms. The highest BCUT2D eigenvalue weighted by Crippen LogP contribution is 2.31. The van der Waals surface area contributed by atoms with E-state index in [1.165, 1.54) is 31.0 Å². The fourth-order valence-electron chi connectivity index (χ4n) is 5.12. The van der Waals surface area contributed by atoms with Crippen LogP contribution in [0, 0.1) is 21.7 Å². The van der Waals surface area contributed by atoms with Gasteiger partial charge < -0.3 is 19.5 Å². The van der Waals surface area contributed by atoms with Crippen LogP contribution >= 0.6 is 0 Å². The first-order chi connectivity index (χ1) is 19.3. The maximum atomic E-state index is 14.8. The molecule has 1 aromatic heterocycles. The lowest BCUT2D eigenvalue weighted by Gasteiger charge is -2.33. The molecule has 10 heteroatoms. The van der Waals surface area contributed by atoms with Crippen molar-refractivity contribution in [3.8, 4) is 11.5 Å². The first-order valence-corrected chi connectivity index (χ1v) is 13.4. The minimum Gasteiger partial charge on any atom is -0.457 e. The van der Waals surface area contributed by atoms with Gasteiger partial charge in [-0.2, -0.15) is 4.39 Å². The quantitative estimate of drug-likeness (QED) is 0.175. The Hall–Kier alpha value is -4.31. The number of carbonyl (C=O) groups excluding carboxylic acids is 1. The maximum Gasteiger partial charge on any atom is 0.305 e. The lowest BCUT2D eigenvalue weighted by molar-refractivity contribution is -0.387. The van der Waals surface area contributed by atoms with Crippen molar-refractivity contribution in [2.24, 2.45) is 0 Å². The molecule has 1 amide bonds. The van der Waals surface area contributed by atoms with E-state index in [1.807, 2.05) is 12.1 Å². The molecule has 1 aliphatic rings. The molecule has 0 unspecified atom stereocenters. The van der Waals surface area contributed by atoms with Crippen LogP contribution < -0.4 is 10.1 Å². The Balaban J connectivity index is 1.23. The minimum atomic E-state index is -1.06. The molecule has 4 aromatic rings. The van der Waals surface area contributed by atoms with Crippen molar-refractivity contribution in [1.29, 1.82) is 0 Å². The van der Waals surface area contributed by atoms with Gasteiger partial charge in [0.25, 0.3) is 5.91 Å². The van der Waals surface area contributed by atoms with Crippen molar-refractivity contribution >= 4 is 28.2 Å². The molecule has 0 atom stereocenters. The molecule has 208 valence electrons. The number of amides is 1. The molecule has 0 bridgehead atoms. The number of halogens is 2. The zero-order valence-corrected chi connectivity index (χ0v) is 22.1. The van der Waals surface area contributed by atoms with Gasteiger partial charge >= 0.3 is 5.69 Å². The molecule has 1 N–H and O–H groups in total. The summed E-state index contributed by atoms with van der Waals surface area (Å²) < 4.78 is 36.3. The summed E-state index contributed by atoms with van der Waals surface area (Å²) in [6, 6.07) is 14.7. The third-order valence-corrected chi connectivity index (χ3v) is 7.30. The fourth-order valence-corrected chi connectivity index (χ4v) is 5.12. The smallest absolute Gasteiger partial charge is 0.305 e. The second kappa shape index (κ2) is 11.8. The third-order valence-electron chi connectivity index (χ3n) is 7.30. The molecule has 1 fully saturated rings. The van der Waals surface area contributed by atoms with Crippen molar-refractivity contribution < 1.29 is 23.2 Å². The summed E-state index contributed by atoms with van der Waals surface area (Å²) in [6.45, 7) is 5.55. The van der Waals surface area contributed by atoms with Crippen molar-refractivity contribution in [3.63, 3.8) is 0 Å². The van der Waals surface area contributed by atoms with Gasteiger partial charge in [-0.3, -0.25) is 14.9 Å². The Morgan fingerprint density at radius 1 is 1.02 bits per heavy atom. The second-order valence-electron chi connectivity index (χ2n) is 9.99. The summed E-state index contributed by atoms with van der Waals surface area (Å²) in [6.07, 6.45) is 6.69. The molecule has 2 heterocycles. The van der Waals surface area contributed by atoms with Gasteiger partial charge in [0.15, 0.2) is 0 Å². The number of benzene rings is 3. The van der Waals surface area contributed by atoms with Crippen LogP contribution in [-0.2, 0) is 0 Å². The Morgan fingerprint density at radius 3 is 2.42 bits per heavy atom. The SMILES string of the molecule is CCCCN1CCC(n2ccc3cc(C(=O)Nc4ccc(Oc5ccc([N+](=O)[O-])c(F)c5)cc4F)ccc32)CC1. The summed E-state index contributed by atoms with van der Waals surface area (Å²) in [5.41, 5.74) is 0.744. The highest BCUT2D eigenvalue weighted by atomic mass is 19.1. The number of anilines is 1. The molecule has 3 aromatic carbocycles. The number of hydrogen-bond acceptors (Lipinski definition) is 5. The molecule has 0 spiro atoms. The summed E-state index contributed by atoms with van der Waals surface area (Å²) in [5, 5.41) is 14.3. The summed E-state index contributed by atoms with van der Waals surface area (Å²) >= 11 is 0. The number of hydrogen-bond donors (Lipinski definition) is 1. The zero-order chi connectivity index (χ0) is 28.2. The van der Waals surface area contributed by atoms with E-state index in [-0.39, 0.29) is 17.2 Å². The fraction of sp³-hybridized carbons (Fsp3) is 0.300. The molecule has 1 saturated heterocycles. The number of carbonyl (C=O) groups is 1. The van der Waals surface area contributed by atoms with Gasteiger partial charge in [0.1, 0.15) is 17.3 Å². The Labute approximate surface area is 230 Å². The summed E-state index contributed by atoms with van der Waals surface area (Å²) in [5.74, 6) is -2.24. The van der Waals surface area contributed by atoms with Crippen LogP contribution in [0.5, 0.6) is 11.5 Å². The topological polar surface area (TPSA) is 89.6 Å². The van der Waals surface area contributed by atoms with Crippen molar-refractivity contribution in [3.05, 3.63) is 94.2 Å². The van der Waals surface area contributed by atoms with E-state index in [0.29, 0.717) is 11.6 Å². The number of ether oxygens (including phenoxy) is 1. The molecular formula is C30H30F2N4O4. The highest BCUT2D eigenvalue weighted by Gasteiger charge is 2.21. The summed E-state index contributed by atoms with van der Waals surface area (Å²) in [7, 11) is 0. The standard InChI is InChI=1S/C30H30F2N4O4/c1-2-3-13-34-14-11-22(12-15-34)35-16-10-20-17-21(4-8-28(20)35)30(37)33-27-7-5-23(18-25(27)31)40-24-6-9-29(36(38)39)26(32)19-24/h4-10,16-19,22H,2-3,11-15H2,1H3,(H,33,37). The molecule has 8 nitrogen and oxygen atoms in total. The first kappa shape index (κ1) is 27.3. The maximum absolute atomic E-state index is 14.8. The van der Waals surface area contributed by atoms with Crippen molar-refractivity contribution in [2.45, 2.75) is 38.6 Å². The van der Waals surface area contributed by atoms with Crippen LogP contribution in [0.1, 0.15) is 49.0 Å². The largest absolute Gasteiger partial charge is 0.457 e. The number of nitrogens with one attached hydrogen (secondary N) is 1. The highest BCUT2D eigenvalue weighted by molar-refractivity contribution is 6.06. The second-order valence-corrected chi connectivity index (χ2v) is 9.99. The van der Waals surface area contributed by atoms with Crippen molar-refractivity contribution in [1.82, 2.24) is 9.47 Å². The number of fused-ring (bicyclic) bond motifs is 1. The van der Waals surface area contributed by atoms with Crippen LogP contribution in [0.4, 0.5) is 20.2 Å². The van der Waals surface area contributed by atoms with Gasteiger partial charge in [-0.1, -0.05) is 13.3 Å². The zero-order valence-electron chi connectivity index (χ0n) is 22.1. The monoisotopic (exact) mass is 548 g/mol. The third kappa shape index (κ3) is 5.96. The number of unbranched alkanes of at least 4 members (excludes halogenated alkanes) is 1. The number of rotatable bonds is 9. The lowest BCUT2D eigenvalue weighted by Crippen LogP contribution is -2.35. The van der Waals surface area contributed by atoms with Crippen LogP contribution in [0.25, 0.3) is 10.9 Å². The van der Waals surface area contributed by atoms with Crippen LogP contribution in [0.3, 0.4) is 0 Å². The molecular weight excluding hydrogens is 518 g/mol. The number of aromatic nitrogens is 1. The number of nitro benzene ring substituents is 1. The lowest BCUT2D eigenvalue weighted by atomic mass is 10.0. The molecule has 5 rings (SSSR count). The molecule has 1 aliphatic heterocycles. The molecule has 0 saturated carbocycles. The van der Waals surface area contributed by atoms with Gasteiger partial charge in [0.05, 0.1) is 10.6 Å². The Morgan fingerprint density at radius 2 is 1.75 bits per heavy atom. The van der Waals surface area contributed by atoms with Crippen LogP contribution in [-0.4, -0.2) is 39.9 Å². The molecule has 0 aliphatic carbocycles. The average molecular weight is 549 g/mol. The predicted molar refractivity (Wildman–Crippen MR) is 149 cm³/mol. The van der Waals surface area contributed by atoms with E-state index < -0.39 is 28.2 Å². The average Bonchev–Trinajstić information content (AvgIpc) is 3.37. The van der Waals surface area contributed by atoms with E-state index >= 15 is 0 Å². The Kier molecular flexibility index (Phi) is 8.06. The van der Waals surface area contributed by atoms with Gasteiger partial charge in [-0.15, -0.1) is 0 Å². The van der Waals surface area contributed by atoms with Gasteiger partial charge in [0, 0.05) is 60.0 Å². The van der Waals surface area contributed by atoms with E-state index in [0.717, 1.165) is 61.6 Å². The van der Waals surface area contributed by atoms with Gasteiger partial charge in [-0.25, -0.2) is 4.39 Å². The van der Waals surface area contributed by atoms with Crippen LogP contribution in [0.2, 0.25) is 0 Å². The van der Waals surface area contributed by atoms with E-state index in [9.17, 15) is 23.7 Å². The van der Waals surface area contributed by atoms with E-state index in [1.54, 1.807) is 12.1 Å². The van der Waals surface area contributed by atoms with Gasteiger partial charge in [-0.05, 0) is 68.3 Å². The van der Waals surface area contributed by atoms with Crippen molar-refractivity contribution in [2.75, 3.05) is 25.0 Å². The first-order valence-electron chi connectivity index (χ1n) is 13.4. The van der Waals surface area contributed by atoms with Crippen LogP contribution in [0.15, 0.2) is 66.9 Å². The normalized spacial score (nSPS) is 14.4. The minimum absolute atomic E-state index is 0.0263. The van der Waals surface area contributed by atoms with Gasteiger partial charge in [0.2, 0.25) is 5.82 Å². The summed E-state index contributed by atoms with van der Waals surface area (Å²) in [4.78, 5) is 25.4. The Bertz CT molecular complexity index is 1550. The predicted octanol–water partition coefficient (Wildman–Crippen LogP) is 7.31. The number of likely N-dealkylation sites (tertiary alicyclic amines) is 1. The number of nitro groups is 1. The number of nitrogens with zero attached hydrogens (tertiary/aromatic N) is 3. The van der Waals surface area contributed by atoms with E-state index in [4.69, 9.17) is 4.74 Å².